The van der Waals surface area contributed by atoms with Gasteiger partial charge < -0.3 is 14.7 Å². The number of aromatic carboxylic acids is 1. The summed E-state index contributed by atoms with van der Waals surface area (Å²) in [5.41, 5.74) is 3.03. The number of carboxylic acids is 1. The monoisotopic (exact) mass is 679 g/mol. The van der Waals surface area contributed by atoms with Gasteiger partial charge in [0, 0.05) is 72.1 Å². The number of halogens is 1. The highest BCUT2D eigenvalue weighted by atomic mass is 35.5. The predicted octanol–water partition coefficient (Wildman–Crippen LogP) is 4.95. The van der Waals surface area contributed by atoms with Gasteiger partial charge in [-0.2, -0.15) is 5.26 Å². The third kappa shape index (κ3) is 5.57. The molecular weight excluding hydrogens is 650 g/mol. The fourth-order valence-corrected chi connectivity index (χ4v) is 7.76. The van der Waals surface area contributed by atoms with Crippen molar-refractivity contribution in [3.05, 3.63) is 79.9 Å². The minimum atomic E-state index is -1.05. The second-order valence-electron chi connectivity index (χ2n) is 12.0. The summed E-state index contributed by atoms with van der Waals surface area (Å²) in [6, 6.07) is 9.37. The van der Waals surface area contributed by atoms with Crippen LogP contribution in [0.2, 0.25) is 5.02 Å². The average Bonchev–Trinajstić information content (AvgIpc) is 3.73. The van der Waals surface area contributed by atoms with E-state index in [1.54, 1.807) is 50.0 Å². The van der Waals surface area contributed by atoms with Gasteiger partial charge in [-0.05, 0) is 44.0 Å². The van der Waals surface area contributed by atoms with Crippen molar-refractivity contribution in [3.8, 4) is 29.0 Å². The highest BCUT2D eigenvalue weighted by Gasteiger charge is 2.48. The number of hydrogen-bond acceptors (Lipinski definition) is 10. The Morgan fingerprint density at radius 2 is 1.96 bits per heavy atom. The quantitative estimate of drug-likeness (QED) is 0.235. The summed E-state index contributed by atoms with van der Waals surface area (Å²) in [6.45, 7) is 5.50. The normalized spacial score (nSPS) is 15.7. The molecule has 1 N–H and O–H groups in total. The zero-order valence-corrected chi connectivity index (χ0v) is 27.9. The summed E-state index contributed by atoms with van der Waals surface area (Å²) in [4.78, 5) is 43.8. The number of thiophene rings is 1. The van der Waals surface area contributed by atoms with Crippen LogP contribution in [-0.2, 0) is 11.3 Å². The van der Waals surface area contributed by atoms with Crippen LogP contribution in [-0.4, -0.2) is 80.9 Å². The highest BCUT2D eigenvalue weighted by Crippen LogP contribution is 2.42. The number of fused-ring (bicyclic) bond motifs is 2. The van der Waals surface area contributed by atoms with Crippen molar-refractivity contribution in [1.82, 2.24) is 24.4 Å². The Balaban J connectivity index is 1.21. The molecule has 0 amide bonds. The molecule has 1 aromatic carbocycles. The Hall–Kier alpha value is -4.85. The molecule has 1 saturated carbocycles. The van der Waals surface area contributed by atoms with Gasteiger partial charge >= 0.3 is 5.97 Å². The maximum Gasteiger partial charge on any atom is 0.338 e. The summed E-state index contributed by atoms with van der Waals surface area (Å²) in [5.74, 6) is 6.20. The zero-order chi connectivity index (χ0) is 33.6. The maximum absolute atomic E-state index is 14.0. The number of anilines is 1. The number of carboxylic acid groups (broad SMARTS) is 1. The van der Waals surface area contributed by atoms with Crippen molar-refractivity contribution in [2.24, 2.45) is 0 Å². The first-order valence-electron chi connectivity index (χ1n) is 15.4. The molecule has 11 nitrogen and oxygen atoms in total. The molecule has 0 unspecified atom stereocenters. The third-order valence-corrected chi connectivity index (χ3v) is 10.4. The molecule has 0 bridgehead atoms. The molecule has 0 radical (unpaired) electrons. The first kappa shape index (κ1) is 31.7. The van der Waals surface area contributed by atoms with E-state index >= 15 is 0 Å². The summed E-state index contributed by atoms with van der Waals surface area (Å²) in [7, 11) is 1.74. The lowest BCUT2D eigenvalue weighted by Gasteiger charge is -2.40. The molecule has 2 aliphatic rings. The SMILES string of the molecule is COCC1(N2CCN(c3ncc4nc(C)n(CC#Cc5ccc(Cl)cc5-c5ccnc6c(C(=O)O)csc56)c(=O)c4c3C#N)CC2)CC1. The molecule has 7 rings (SSSR count). The van der Waals surface area contributed by atoms with Crippen LogP contribution in [0.4, 0.5) is 5.82 Å². The fraction of sp³-hybridized carbons (Fsp3) is 0.314. The number of nitrogens with zero attached hydrogens (tertiary/aromatic N) is 7. The number of benzene rings is 1. The number of pyridine rings is 2. The molecule has 13 heteroatoms. The van der Waals surface area contributed by atoms with Gasteiger partial charge in [-0.25, -0.2) is 14.8 Å². The molecule has 5 aromatic rings. The number of nitriles is 1. The fourth-order valence-electron chi connectivity index (χ4n) is 6.56. The summed E-state index contributed by atoms with van der Waals surface area (Å²) in [5, 5.41) is 22.2. The van der Waals surface area contributed by atoms with E-state index in [-0.39, 0.29) is 34.2 Å². The van der Waals surface area contributed by atoms with Gasteiger partial charge in [-0.3, -0.25) is 19.2 Å². The first-order valence-corrected chi connectivity index (χ1v) is 16.7. The standard InChI is InChI=1S/C35H30ClN7O4S/c1-21-40-28-18-39-32(41-12-14-42(15-13-41)35(8-9-35)20-47-2)26(17-37)29(28)33(44)43(21)11-3-4-22-5-6-23(36)16-25(22)24-7-10-38-30-27(34(45)46)19-48-31(24)30/h5-7,10,16,18-19H,8-9,11-15,20H2,1-2H3,(H,45,46). The van der Waals surface area contributed by atoms with E-state index in [4.69, 9.17) is 16.3 Å². The summed E-state index contributed by atoms with van der Waals surface area (Å²) in [6.07, 6.45) is 5.40. The molecular formula is C35H30ClN7O4S. The molecule has 2 fully saturated rings. The number of methoxy groups -OCH3 is 1. The lowest BCUT2D eigenvalue weighted by atomic mass is 10.00. The van der Waals surface area contributed by atoms with Gasteiger partial charge in [0.15, 0.2) is 0 Å². The van der Waals surface area contributed by atoms with Crippen LogP contribution in [0.15, 0.2) is 46.8 Å². The Kier molecular flexibility index (Phi) is 8.36. The number of aromatic nitrogens is 4. The number of aryl methyl sites for hydroxylation is 1. The molecule has 0 atom stereocenters. The average molecular weight is 680 g/mol. The summed E-state index contributed by atoms with van der Waals surface area (Å²) < 4.78 is 7.65. The van der Waals surface area contributed by atoms with E-state index in [1.165, 1.54) is 15.9 Å². The second kappa shape index (κ2) is 12.6. The van der Waals surface area contributed by atoms with Crippen LogP contribution in [0, 0.1) is 30.1 Å². The van der Waals surface area contributed by atoms with Crippen LogP contribution in [0.25, 0.3) is 32.2 Å². The van der Waals surface area contributed by atoms with Gasteiger partial charge in [0.05, 0.1) is 46.0 Å². The van der Waals surface area contributed by atoms with Crippen molar-refractivity contribution < 1.29 is 14.6 Å². The molecule has 48 heavy (non-hydrogen) atoms. The van der Waals surface area contributed by atoms with Gasteiger partial charge in [0.2, 0.25) is 0 Å². The number of hydrogen-bond donors (Lipinski definition) is 1. The van der Waals surface area contributed by atoms with E-state index < -0.39 is 5.97 Å². The Morgan fingerprint density at radius 1 is 1.17 bits per heavy atom. The van der Waals surface area contributed by atoms with Crippen molar-refractivity contribution in [2.45, 2.75) is 31.8 Å². The van der Waals surface area contributed by atoms with E-state index in [9.17, 15) is 20.0 Å². The van der Waals surface area contributed by atoms with Crippen LogP contribution in [0.5, 0.6) is 0 Å². The number of carbonyl (C=O) groups is 1. The molecule has 4 aromatic heterocycles. The van der Waals surface area contributed by atoms with Crippen LogP contribution >= 0.6 is 22.9 Å². The van der Waals surface area contributed by atoms with Gasteiger partial charge in [-0.15, -0.1) is 11.3 Å². The molecule has 1 aliphatic heterocycles. The molecule has 5 heterocycles. The second-order valence-corrected chi connectivity index (χ2v) is 13.3. The maximum atomic E-state index is 14.0. The van der Waals surface area contributed by atoms with E-state index in [0.29, 0.717) is 57.7 Å². The zero-order valence-electron chi connectivity index (χ0n) is 26.3. The van der Waals surface area contributed by atoms with Crippen LogP contribution in [0.1, 0.15) is 40.2 Å². The van der Waals surface area contributed by atoms with Crippen molar-refractivity contribution in [2.75, 3.05) is 44.8 Å². The minimum Gasteiger partial charge on any atom is -0.478 e. The third-order valence-electron chi connectivity index (χ3n) is 9.19. The van der Waals surface area contributed by atoms with E-state index in [2.05, 4.69) is 42.7 Å². The molecule has 1 aliphatic carbocycles. The van der Waals surface area contributed by atoms with Crippen LogP contribution < -0.4 is 10.5 Å². The van der Waals surface area contributed by atoms with Crippen molar-refractivity contribution in [1.29, 1.82) is 5.26 Å². The number of rotatable bonds is 7. The van der Waals surface area contributed by atoms with E-state index in [1.807, 2.05) is 6.07 Å². The predicted molar refractivity (Wildman–Crippen MR) is 185 cm³/mol. The molecule has 242 valence electrons. The Morgan fingerprint density at radius 3 is 2.67 bits per heavy atom. The Bertz CT molecular complexity index is 2270. The van der Waals surface area contributed by atoms with E-state index in [0.717, 1.165) is 37.1 Å². The number of piperazine rings is 1. The largest absolute Gasteiger partial charge is 0.478 e. The molecule has 1 saturated heterocycles. The van der Waals surface area contributed by atoms with Crippen molar-refractivity contribution in [3.63, 3.8) is 0 Å². The first-order chi connectivity index (χ1) is 23.2. The van der Waals surface area contributed by atoms with Crippen LogP contribution in [0.3, 0.4) is 0 Å². The topological polar surface area (TPSA) is 137 Å². The molecule has 0 spiro atoms. The highest BCUT2D eigenvalue weighted by molar-refractivity contribution is 7.18. The minimum absolute atomic E-state index is 0.0341. The van der Waals surface area contributed by atoms with Gasteiger partial charge in [0.25, 0.3) is 5.56 Å². The van der Waals surface area contributed by atoms with Crippen molar-refractivity contribution >= 4 is 55.8 Å². The smallest absolute Gasteiger partial charge is 0.338 e. The van der Waals surface area contributed by atoms with Gasteiger partial charge in [-0.1, -0.05) is 23.4 Å². The lowest BCUT2D eigenvalue weighted by molar-refractivity contribution is 0.0699. The number of ether oxygens (including phenoxy) is 1. The Labute approximate surface area is 285 Å². The summed E-state index contributed by atoms with van der Waals surface area (Å²) >= 11 is 7.68. The van der Waals surface area contributed by atoms with Gasteiger partial charge in [0.1, 0.15) is 23.3 Å². The lowest BCUT2D eigenvalue weighted by Crippen LogP contribution is -2.53.